The number of hydrogen-bond acceptors (Lipinski definition) is 4. The first-order valence-corrected chi connectivity index (χ1v) is 9.29. The summed E-state index contributed by atoms with van der Waals surface area (Å²) in [4.78, 5) is 15.0. The van der Waals surface area contributed by atoms with Crippen LogP contribution in [0.15, 0.2) is 24.3 Å². The Morgan fingerprint density at radius 2 is 2.12 bits per heavy atom. The quantitative estimate of drug-likeness (QED) is 0.867. The number of fused-ring (bicyclic) bond motifs is 2. The van der Waals surface area contributed by atoms with Gasteiger partial charge in [0.2, 0.25) is 0 Å². The number of nitrogens with one attached hydrogen (secondary N) is 1. The molecule has 3 heterocycles. The topological polar surface area (TPSA) is 63.1 Å². The number of carbonyl (C=O) groups is 1. The highest BCUT2D eigenvalue weighted by Crippen LogP contribution is 2.23. The van der Waals surface area contributed by atoms with Crippen LogP contribution >= 0.6 is 24.0 Å². The maximum absolute atomic E-state index is 13.1. The zero-order valence-corrected chi connectivity index (χ0v) is 16.3. The molecular formula is C18H23Cl2N5O. The summed E-state index contributed by atoms with van der Waals surface area (Å²) in [6, 6.07) is 8.40. The van der Waals surface area contributed by atoms with E-state index in [4.69, 9.17) is 11.6 Å². The summed E-state index contributed by atoms with van der Waals surface area (Å²) in [5.41, 5.74) is 2.11. The number of aromatic nitrogens is 3. The normalized spacial score (nSPS) is 22.0. The summed E-state index contributed by atoms with van der Waals surface area (Å²) in [5.74, 6) is -0.0144. The van der Waals surface area contributed by atoms with Crippen molar-refractivity contribution in [2.45, 2.75) is 44.7 Å². The lowest BCUT2D eigenvalue weighted by Gasteiger charge is -2.23. The molecule has 2 aliphatic rings. The van der Waals surface area contributed by atoms with Gasteiger partial charge in [-0.15, -0.1) is 17.5 Å². The van der Waals surface area contributed by atoms with Gasteiger partial charge in [0.05, 0.1) is 11.4 Å². The van der Waals surface area contributed by atoms with E-state index < -0.39 is 0 Å². The van der Waals surface area contributed by atoms with E-state index in [1.165, 1.54) is 6.42 Å². The van der Waals surface area contributed by atoms with Crippen molar-refractivity contribution in [2.75, 3.05) is 13.1 Å². The van der Waals surface area contributed by atoms with Gasteiger partial charge in [-0.2, -0.15) is 0 Å². The maximum Gasteiger partial charge on any atom is 0.276 e. The Hall–Kier alpha value is -1.63. The molecule has 2 unspecified atom stereocenters. The number of carbonyl (C=O) groups excluding carboxylic acids is 1. The zero-order valence-electron chi connectivity index (χ0n) is 14.7. The number of rotatable bonds is 3. The molecule has 2 aliphatic heterocycles. The number of benzene rings is 1. The van der Waals surface area contributed by atoms with Crippen LogP contribution in [0.5, 0.6) is 0 Å². The molecule has 0 saturated carbocycles. The molecule has 2 fully saturated rings. The largest absolute Gasteiger partial charge is 0.336 e. The molecule has 1 amide bonds. The molecule has 2 saturated heterocycles. The molecule has 8 heteroatoms. The standard InChI is InChI=1S/C18H22ClN5O.ClH/c1-2-16-17(21-22-24(16)15-5-3-4-12(19)10-15)18(25)23-9-8-13-6-7-14(11-23)20-13;/h3-5,10,13-14,20H,2,6-9,11H2,1H3;1H. The molecule has 0 spiro atoms. The van der Waals surface area contributed by atoms with Crippen molar-refractivity contribution in [3.05, 3.63) is 40.7 Å². The van der Waals surface area contributed by atoms with Gasteiger partial charge >= 0.3 is 0 Å². The van der Waals surface area contributed by atoms with E-state index in [1.807, 2.05) is 36.1 Å². The SMILES string of the molecule is CCc1c(C(=O)N2CCC3CCC(C2)N3)nnn1-c1cccc(Cl)c1.Cl. The third-order valence-corrected chi connectivity index (χ3v) is 5.40. The van der Waals surface area contributed by atoms with Gasteiger partial charge in [-0.25, -0.2) is 4.68 Å². The molecule has 2 atom stereocenters. The third kappa shape index (κ3) is 3.59. The highest BCUT2D eigenvalue weighted by Gasteiger charge is 2.33. The van der Waals surface area contributed by atoms with Crippen LogP contribution in [0.2, 0.25) is 5.02 Å². The van der Waals surface area contributed by atoms with Gasteiger partial charge in [0.15, 0.2) is 5.69 Å². The summed E-state index contributed by atoms with van der Waals surface area (Å²) in [7, 11) is 0. The fraction of sp³-hybridized carbons (Fsp3) is 0.500. The van der Waals surface area contributed by atoms with Crippen LogP contribution in [0.4, 0.5) is 0 Å². The number of hydrogen-bond donors (Lipinski definition) is 1. The molecule has 6 nitrogen and oxygen atoms in total. The predicted octanol–water partition coefficient (Wildman–Crippen LogP) is 2.87. The fourth-order valence-corrected chi connectivity index (χ4v) is 4.06. The summed E-state index contributed by atoms with van der Waals surface area (Å²) in [6.45, 7) is 3.55. The Morgan fingerprint density at radius 3 is 2.88 bits per heavy atom. The summed E-state index contributed by atoms with van der Waals surface area (Å²) < 4.78 is 1.72. The van der Waals surface area contributed by atoms with Crippen molar-refractivity contribution >= 4 is 29.9 Å². The summed E-state index contributed by atoms with van der Waals surface area (Å²) in [6.07, 6.45) is 4.05. The number of likely N-dealkylation sites (tertiary alicyclic amines) is 1. The van der Waals surface area contributed by atoms with E-state index in [9.17, 15) is 4.79 Å². The smallest absolute Gasteiger partial charge is 0.276 e. The summed E-state index contributed by atoms with van der Waals surface area (Å²) >= 11 is 6.09. The summed E-state index contributed by atoms with van der Waals surface area (Å²) in [5, 5.41) is 12.7. The van der Waals surface area contributed by atoms with Gasteiger partial charge < -0.3 is 10.2 Å². The fourth-order valence-electron chi connectivity index (χ4n) is 3.88. The average Bonchev–Trinajstić information content (AvgIpc) is 3.17. The Balaban J connectivity index is 0.00000196. The lowest BCUT2D eigenvalue weighted by Crippen LogP contribution is -2.39. The highest BCUT2D eigenvalue weighted by molar-refractivity contribution is 6.30. The molecule has 26 heavy (non-hydrogen) atoms. The van der Waals surface area contributed by atoms with Crippen molar-refractivity contribution in [3.8, 4) is 5.69 Å². The molecule has 1 N–H and O–H groups in total. The van der Waals surface area contributed by atoms with Gasteiger partial charge in [-0.05, 0) is 43.9 Å². The Kier molecular flexibility index (Phi) is 5.85. The van der Waals surface area contributed by atoms with Crippen molar-refractivity contribution in [1.82, 2.24) is 25.2 Å². The minimum Gasteiger partial charge on any atom is -0.336 e. The van der Waals surface area contributed by atoms with E-state index >= 15 is 0 Å². The monoisotopic (exact) mass is 395 g/mol. The molecule has 1 aromatic carbocycles. The highest BCUT2D eigenvalue weighted by atomic mass is 35.5. The van der Waals surface area contributed by atoms with Crippen LogP contribution in [-0.2, 0) is 6.42 Å². The number of nitrogens with zero attached hydrogens (tertiary/aromatic N) is 4. The zero-order chi connectivity index (χ0) is 17.4. The number of halogens is 2. The molecule has 2 bridgehead atoms. The van der Waals surface area contributed by atoms with Crippen molar-refractivity contribution in [2.24, 2.45) is 0 Å². The minimum absolute atomic E-state index is 0. The van der Waals surface area contributed by atoms with E-state index in [2.05, 4.69) is 15.6 Å². The van der Waals surface area contributed by atoms with E-state index in [0.717, 1.165) is 37.3 Å². The lowest BCUT2D eigenvalue weighted by molar-refractivity contribution is 0.0741. The van der Waals surface area contributed by atoms with Gasteiger partial charge in [-0.3, -0.25) is 4.79 Å². The molecule has 140 valence electrons. The predicted molar refractivity (Wildman–Crippen MR) is 103 cm³/mol. The molecule has 2 aromatic rings. The second-order valence-corrected chi connectivity index (χ2v) is 7.24. The minimum atomic E-state index is -0.0144. The Bertz CT molecular complexity index is 794. The molecule has 4 rings (SSSR count). The van der Waals surface area contributed by atoms with Crippen molar-refractivity contribution in [1.29, 1.82) is 0 Å². The van der Waals surface area contributed by atoms with Gasteiger partial charge in [-0.1, -0.05) is 29.8 Å². The van der Waals surface area contributed by atoms with Crippen molar-refractivity contribution in [3.63, 3.8) is 0 Å². The van der Waals surface area contributed by atoms with Crippen LogP contribution in [0.25, 0.3) is 5.69 Å². The van der Waals surface area contributed by atoms with Crippen LogP contribution in [0, 0.1) is 0 Å². The second kappa shape index (κ2) is 7.94. The van der Waals surface area contributed by atoms with Crippen LogP contribution in [0.3, 0.4) is 0 Å². The molecule has 0 aliphatic carbocycles. The first-order chi connectivity index (χ1) is 12.2. The molecule has 1 aromatic heterocycles. The van der Waals surface area contributed by atoms with Crippen molar-refractivity contribution < 1.29 is 4.79 Å². The van der Waals surface area contributed by atoms with E-state index in [-0.39, 0.29) is 18.3 Å². The van der Waals surface area contributed by atoms with Crippen LogP contribution in [-0.4, -0.2) is 51.0 Å². The second-order valence-electron chi connectivity index (χ2n) is 6.81. The third-order valence-electron chi connectivity index (χ3n) is 5.16. The van der Waals surface area contributed by atoms with Gasteiger partial charge in [0, 0.05) is 30.2 Å². The Morgan fingerprint density at radius 1 is 1.31 bits per heavy atom. The first-order valence-electron chi connectivity index (χ1n) is 8.91. The first kappa shape index (κ1) is 19.1. The average molecular weight is 396 g/mol. The van der Waals surface area contributed by atoms with E-state index in [1.54, 1.807) is 4.68 Å². The maximum atomic E-state index is 13.1. The van der Waals surface area contributed by atoms with Crippen LogP contribution < -0.4 is 5.32 Å². The van der Waals surface area contributed by atoms with E-state index in [0.29, 0.717) is 29.2 Å². The van der Waals surface area contributed by atoms with Gasteiger partial charge in [0.25, 0.3) is 5.91 Å². The molecule has 0 radical (unpaired) electrons. The number of amides is 1. The van der Waals surface area contributed by atoms with Gasteiger partial charge in [0.1, 0.15) is 0 Å². The molecular weight excluding hydrogens is 373 g/mol. The van der Waals surface area contributed by atoms with Crippen LogP contribution in [0.1, 0.15) is 42.4 Å². The lowest BCUT2D eigenvalue weighted by atomic mass is 10.1. The Labute approximate surface area is 164 Å².